The van der Waals surface area contributed by atoms with E-state index < -0.39 is 5.60 Å². The van der Waals surface area contributed by atoms with Gasteiger partial charge in [0.05, 0.1) is 5.60 Å². The van der Waals surface area contributed by atoms with Crippen molar-refractivity contribution < 1.29 is 5.11 Å². The van der Waals surface area contributed by atoms with E-state index in [0.717, 1.165) is 24.8 Å². The van der Waals surface area contributed by atoms with E-state index in [2.05, 4.69) is 32.9 Å². The van der Waals surface area contributed by atoms with Crippen molar-refractivity contribution in [1.82, 2.24) is 0 Å². The molecule has 1 nitrogen and oxygen atoms in total. The first-order valence-corrected chi connectivity index (χ1v) is 7.44. The molecule has 0 heterocycles. The lowest BCUT2D eigenvalue weighted by Crippen LogP contribution is -2.28. The fraction of sp³-hybridized carbons (Fsp3) is 0.647. The summed E-state index contributed by atoms with van der Waals surface area (Å²) in [6.45, 7) is 6.55. The molecule has 0 bridgehead atoms. The standard InChI is InChI=1S/C17H28O/c1-4-7-11-15(5-2)14-17(18,6-3)16-12-9-8-10-13-16/h8-10,12-13,15,18H,4-7,11,14H2,1-3H3. The van der Waals surface area contributed by atoms with E-state index in [1.807, 2.05) is 18.2 Å². The van der Waals surface area contributed by atoms with Crippen molar-refractivity contribution in [2.45, 2.75) is 64.9 Å². The molecule has 0 radical (unpaired) electrons. The third kappa shape index (κ3) is 4.13. The van der Waals surface area contributed by atoms with Crippen LogP contribution in [0.2, 0.25) is 0 Å². The van der Waals surface area contributed by atoms with Crippen LogP contribution in [0.5, 0.6) is 0 Å². The molecular weight excluding hydrogens is 220 g/mol. The van der Waals surface area contributed by atoms with Crippen molar-refractivity contribution in [3.63, 3.8) is 0 Å². The first-order chi connectivity index (χ1) is 8.66. The Hall–Kier alpha value is -0.820. The van der Waals surface area contributed by atoms with Gasteiger partial charge >= 0.3 is 0 Å². The van der Waals surface area contributed by atoms with Crippen LogP contribution < -0.4 is 0 Å². The normalized spacial score (nSPS) is 16.2. The highest BCUT2D eigenvalue weighted by Gasteiger charge is 2.29. The number of unbranched alkanes of at least 4 members (excludes halogenated alkanes) is 1. The van der Waals surface area contributed by atoms with Crippen LogP contribution in [0.4, 0.5) is 0 Å². The SMILES string of the molecule is CCCCC(CC)CC(O)(CC)c1ccccc1. The van der Waals surface area contributed by atoms with Crippen LogP contribution in [0.15, 0.2) is 30.3 Å². The highest BCUT2D eigenvalue weighted by atomic mass is 16.3. The van der Waals surface area contributed by atoms with Gasteiger partial charge in [0.1, 0.15) is 0 Å². The van der Waals surface area contributed by atoms with E-state index in [1.54, 1.807) is 0 Å². The molecule has 1 N–H and O–H groups in total. The lowest BCUT2D eigenvalue weighted by atomic mass is 9.80. The molecule has 1 aromatic rings. The van der Waals surface area contributed by atoms with Gasteiger partial charge in [0.2, 0.25) is 0 Å². The second-order valence-corrected chi connectivity index (χ2v) is 5.37. The molecule has 0 aliphatic rings. The third-order valence-corrected chi connectivity index (χ3v) is 4.07. The van der Waals surface area contributed by atoms with Crippen molar-refractivity contribution in [3.8, 4) is 0 Å². The summed E-state index contributed by atoms with van der Waals surface area (Å²) in [6, 6.07) is 10.1. The molecule has 0 aliphatic heterocycles. The summed E-state index contributed by atoms with van der Waals surface area (Å²) >= 11 is 0. The van der Waals surface area contributed by atoms with Crippen molar-refractivity contribution in [2.75, 3.05) is 0 Å². The van der Waals surface area contributed by atoms with E-state index in [0.29, 0.717) is 5.92 Å². The van der Waals surface area contributed by atoms with Gasteiger partial charge in [-0.1, -0.05) is 76.8 Å². The minimum Gasteiger partial charge on any atom is -0.385 e. The summed E-state index contributed by atoms with van der Waals surface area (Å²) in [5.41, 5.74) is 0.429. The maximum Gasteiger partial charge on any atom is 0.0896 e. The van der Waals surface area contributed by atoms with Crippen LogP contribution >= 0.6 is 0 Å². The van der Waals surface area contributed by atoms with Gasteiger partial charge in [-0.2, -0.15) is 0 Å². The molecule has 0 fully saturated rings. The molecular formula is C17H28O. The third-order valence-electron chi connectivity index (χ3n) is 4.07. The highest BCUT2D eigenvalue weighted by Crippen LogP contribution is 2.34. The van der Waals surface area contributed by atoms with E-state index >= 15 is 0 Å². The molecule has 0 saturated carbocycles. The zero-order valence-corrected chi connectivity index (χ0v) is 12.2. The van der Waals surface area contributed by atoms with Crippen molar-refractivity contribution in [3.05, 3.63) is 35.9 Å². The summed E-state index contributed by atoms with van der Waals surface area (Å²) in [7, 11) is 0. The summed E-state index contributed by atoms with van der Waals surface area (Å²) in [6.07, 6.45) is 6.60. The molecule has 0 amide bonds. The minimum atomic E-state index is -0.643. The van der Waals surface area contributed by atoms with Crippen LogP contribution in [0.25, 0.3) is 0 Å². The predicted octanol–water partition coefficient (Wildman–Crippen LogP) is 4.89. The topological polar surface area (TPSA) is 20.2 Å². The number of aliphatic hydroxyl groups is 1. The Morgan fingerprint density at radius 1 is 1.11 bits per heavy atom. The average molecular weight is 248 g/mol. The molecule has 0 spiro atoms. The number of rotatable bonds is 8. The van der Waals surface area contributed by atoms with E-state index in [9.17, 15) is 5.11 Å². The lowest BCUT2D eigenvalue weighted by molar-refractivity contribution is 0.00479. The van der Waals surface area contributed by atoms with E-state index in [-0.39, 0.29) is 0 Å². The second-order valence-electron chi connectivity index (χ2n) is 5.37. The molecule has 0 aliphatic carbocycles. The quantitative estimate of drug-likeness (QED) is 0.694. The summed E-state index contributed by atoms with van der Waals surface area (Å²) < 4.78 is 0. The Bertz CT molecular complexity index is 320. The molecule has 0 aromatic heterocycles. The molecule has 1 heteroatoms. The monoisotopic (exact) mass is 248 g/mol. The Morgan fingerprint density at radius 2 is 1.78 bits per heavy atom. The first kappa shape index (κ1) is 15.2. The Kier molecular flexibility index (Phi) is 6.42. The largest absolute Gasteiger partial charge is 0.385 e. The smallest absolute Gasteiger partial charge is 0.0896 e. The zero-order chi connectivity index (χ0) is 13.4. The van der Waals surface area contributed by atoms with Crippen molar-refractivity contribution in [2.24, 2.45) is 5.92 Å². The molecule has 2 atom stereocenters. The molecule has 18 heavy (non-hydrogen) atoms. The van der Waals surface area contributed by atoms with Gasteiger partial charge in [-0.3, -0.25) is 0 Å². The maximum atomic E-state index is 10.9. The Balaban J connectivity index is 2.75. The van der Waals surface area contributed by atoms with E-state index in [1.165, 1.54) is 19.3 Å². The van der Waals surface area contributed by atoms with Crippen LogP contribution in [-0.4, -0.2) is 5.11 Å². The maximum absolute atomic E-state index is 10.9. The zero-order valence-electron chi connectivity index (χ0n) is 12.2. The Labute approximate surface area is 112 Å². The van der Waals surface area contributed by atoms with Gasteiger partial charge in [0.15, 0.2) is 0 Å². The van der Waals surface area contributed by atoms with Gasteiger partial charge < -0.3 is 5.11 Å². The van der Waals surface area contributed by atoms with Crippen LogP contribution in [0.1, 0.15) is 64.9 Å². The van der Waals surface area contributed by atoms with Crippen LogP contribution in [0.3, 0.4) is 0 Å². The average Bonchev–Trinajstić information content (AvgIpc) is 2.44. The van der Waals surface area contributed by atoms with Crippen LogP contribution in [-0.2, 0) is 5.60 Å². The molecule has 102 valence electrons. The van der Waals surface area contributed by atoms with Gasteiger partial charge in [0, 0.05) is 0 Å². The summed E-state index contributed by atoms with van der Waals surface area (Å²) in [4.78, 5) is 0. The van der Waals surface area contributed by atoms with Crippen LogP contribution in [0, 0.1) is 5.92 Å². The number of hydrogen-bond donors (Lipinski definition) is 1. The molecule has 2 unspecified atom stereocenters. The first-order valence-electron chi connectivity index (χ1n) is 7.44. The predicted molar refractivity (Wildman–Crippen MR) is 78.6 cm³/mol. The second kappa shape index (κ2) is 7.58. The van der Waals surface area contributed by atoms with Gasteiger partial charge in [-0.25, -0.2) is 0 Å². The fourth-order valence-corrected chi connectivity index (χ4v) is 2.64. The Morgan fingerprint density at radius 3 is 2.28 bits per heavy atom. The van der Waals surface area contributed by atoms with Crippen molar-refractivity contribution in [1.29, 1.82) is 0 Å². The van der Waals surface area contributed by atoms with E-state index in [4.69, 9.17) is 0 Å². The number of benzene rings is 1. The highest BCUT2D eigenvalue weighted by molar-refractivity contribution is 5.22. The molecule has 1 rings (SSSR count). The lowest BCUT2D eigenvalue weighted by Gasteiger charge is -2.31. The molecule has 1 aromatic carbocycles. The van der Waals surface area contributed by atoms with Gasteiger partial charge in [-0.15, -0.1) is 0 Å². The summed E-state index contributed by atoms with van der Waals surface area (Å²) in [5, 5.41) is 10.9. The number of hydrogen-bond acceptors (Lipinski definition) is 1. The summed E-state index contributed by atoms with van der Waals surface area (Å²) in [5.74, 6) is 0.634. The van der Waals surface area contributed by atoms with Gasteiger partial charge in [0.25, 0.3) is 0 Å². The molecule has 0 saturated heterocycles. The van der Waals surface area contributed by atoms with Crippen molar-refractivity contribution >= 4 is 0 Å². The fourth-order valence-electron chi connectivity index (χ4n) is 2.64. The van der Waals surface area contributed by atoms with Gasteiger partial charge in [-0.05, 0) is 24.3 Å². The minimum absolute atomic E-state index is 0.634.